The number of oxazole rings is 1. The number of oxime groups is 1. The molecular formula is C17H18N4O3. The van der Waals surface area contributed by atoms with Gasteiger partial charge in [-0.15, -0.1) is 0 Å². The van der Waals surface area contributed by atoms with Crippen LogP contribution in [0.25, 0.3) is 11.3 Å². The average Bonchev–Trinajstić information content (AvgIpc) is 3.27. The first kappa shape index (κ1) is 14.9. The lowest BCUT2D eigenvalue weighted by Crippen LogP contribution is -2.42. The minimum atomic E-state index is -0.298. The van der Waals surface area contributed by atoms with Crippen LogP contribution < -0.4 is 10.6 Å². The number of piperidine rings is 1. The normalized spacial score (nSPS) is 18.9. The fraction of sp³-hybridized carbons (Fsp3) is 0.353. The minimum absolute atomic E-state index is 0.210. The van der Waals surface area contributed by atoms with Gasteiger partial charge in [0.15, 0.2) is 12.2 Å². The predicted octanol–water partition coefficient (Wildman–Crippen LogP) is 2.18. The fourth-order valence-corrected chi connectivity index (χ4v) is 3.07. The number of benzene rings is 1. The van der Waals surface area contributed by atoms with Crippen LogP contribution in [-0.2, 0) is 9.63 Å². The van der Waals surface area contributed by atoms with E-state index in [1.807, 2.05) is 24.3 Å². The molecule has 7 heteroatoms. The molecule has 1 spiro atoms. The van der Waals surface area contributed by atoms with Gasteiger partial charge in [0.25, 0.3) is 5.91 Å². The molecule has 0 radical (unpaired) electrons. The van der Waals surface area contributed by atoms with Gasteiger partial charge < -0.3 is 19.9 Å². The number of hydrogen-bond donors (Lipinski definition) is 2. The van der Waals surface area contributed by atoms with Gasteiger partial charge in [-0.3, -0.25) is 4.79 Å². The van der Waals surface area contributed by atoms with Crippen LogP contribution in [0.4, 0.5) is 5.69 Å². The molecule has 124 valence electrons. The lowest BCUT2D eigenvalue weighted by molar-refractivity contribution is -0.110. The van der Waals surface area contributed by atoms with Gasteiger partial charge in [0.05, 0.1) is 6.20 Å². The minimum Gasteiger partial charge on any atom is -0.444 e. The van der Waals surface area contributed by atoms with Crippen LogP contribution >= 0.6 is 0 Å². The zero-order valence-corrected chi connectivity index (χ0v) is 13.1. The van der Waals surface area contributed by atoms with Gasteiger partial charge >= 0.3 is 0 Å². The second kappa shape index (κ2) is 6.09. The first-order valence-electron chi connectivity index (χ1n) is 8.00. The Bertz CT molecular complexity index is 747. The quantitative estimate of drug-likeness (QED) is 0.902. The van der Waals surface area contributed by atoms with E-state index >= 15 is 0 Å². The summed E-state index contributed by atoms with van der Waals surface area (Å²) in [6, 6.07) is 7.40. The smallest absolute Gasteiger partial charge is 0.273 e. The fourth-order valence-electron chi connectivity index (χ4n) is 3.07. The molecule has 7 nitrogen and oxygen atoms in total. The van der Waals surface area contributed by atoms with Gasteiger partial charge in [-0.2, -0.15) is 0 Å². The maximum absolute atomic E-state index is 12.4. The molecule has 2 N–H and O–H groups in total. The Morgan fingerprint density at radius 1 is 1.21 bits per heavy atom. The monoisotopic (exact) mass is 326 g/mol. The van der Waals surface area contributed by atoms with Crippen molar-refractivity contribution < 1.29 is 14.0 Å². The van der Waals surface area contributed by atoms with E-state index < -0.39 is 0 Å². The van der Waals surface area contributed by atoms with Gasteiger partial charge in [0.2, 0.25) is 0 Å². The van der Waals surface area contributed by atoms with Crippen molar-refractivity contribution in [3.05, 3.63) is 36.9 Å². The summed E-state index contributed by atoms with van der Waals surface area (Å²) in [5.74, 6) is 0.479. The predicted molar refractivity (Wildman–Crippen MR) is 88.5 cm³/mol. The lowest BCUT2D eigenvalue weighted by Gasteiger charge is -2.30. The van der Waals surface area contributed by atoms with Crippen LogP contribution in [0.15, 0.2) is 46.4 Å². The first-order valence-corrected chi connectivity index (χ1v) is 8.00. The van der Waals surface area contributed by atoms with Gasteiger partial charge in [-0.1, -0.05) is 5.16 Å². The van der Waals surface area contributed by atoms with Crippen molar-refractivity contribution in [2.24, 2.45) is 5.16 Å². The summed E-state index contributed by atoms with van der Waals surface area (Å²) in [5.41, 5.74) is 1.77. The second-order valence-electron chi connectivity index (χ2n) is 6.14. The summed E-state index contributed by atoms with van der Waals surface area (Å²) < 4.78 is 5.25. The molecule has 0 aliphatic carbocycles. The summed E-state index contributed by atoms with van der Waals surface area (Å²) in [6.07, 6.45) is 5.35. The summed E-state index contributed by atoms with van der Waals surface area (Å²) in [7, 11) is 0. The van der Waals surface area contributed by atoms with Crippen molar-refractivity contribution in [1.29, 1.82) is 0 Å². The van der Waals surface area contributed by atoms with Crippen molar-refractivity contribution in [2.45, 2.75) is 24.9 Å². The number of carbonyl (C=O) groups excluding carboxylic acids is 1. The summed E-state index contributed by atoms with van der Waals surface area (Å²) in [5, 5.41) is 10.2. The third kappa shape index (κ3) is 2.90. The number of hydrogen-bond acceptors (Lipinski definition) is 6. The summed E-state index contributed by atoms with van der Waals surface area (Å²) in [4.78, 5) is 21.9. The Morgan fingerprint density at radius 3 is 2.71 bits per heavy atom. The molecule has 1 aromatic heterocycles. The van der Waals surface area contributed by atoms with E-state index in [2.05, 4.69) is 20.8 Å². The number of aromatic nitrogens is 1. The molecule has 0 unspecified atom stereocenters. The maximum atomic E-state index is 12.4. The van der Waals surface area contributed by atoms with Gasteiger partial charge in [0, 0.05) is 30.5 Å². The third-order valence-corrected chi connectivity index (χ3v) is 4.48. The molecule has 2 aliphatic heterocycles. The molecule has 0 bridgehead atoms. The van der Waals surface area contributed by atoms with Crippen LogP contribution in [0, 0.1) is 0 Å². The molecule has 0 atom stereocenters. The van der Waals surface area contributed by atoms with Crippen molar-refractivity contribution >= 4 is 17.3 Å². The maximum Gasteiger partial charge on any atom is 0.273 e. The van der Waals surface area contributed by atoms with E-state index in [1.165, 1.54) is 6.39 Å². The van der Waals surface area contributed by atoms with Crippen molar-refractivity contribution in [2.75, 3.05) is 18.4 Å². The van der Waals surface area contributed by atoms with Crippen LogP contribution in [-0.4, -0.2) is 35.3 Å². The summed E-state index contributed by atoms with van der Waals surface area (Å²) in [6.45, 7) is 1.79. The van der Waals surface area contributed by atoms with E-state index in [0.717, 1.165) is 31.5 Å². The van der Waals surface area contributed by atoms with Crippen LogP contribution in [0.2, 0.25) is 0 Å². The third-order valence-electron chi connectivity index (χ3n) is 4.48. The molecule has 3 heterocycles. The molecule has 0 saturated carbocycles. The number of nitrogens with one attached hydrogen (secondary N) is 2. The van der Waals surface area contributed by atoms with Gasteiger partial charge in [0.1, 0.15) is 11.3 Å². The van der Waals surface area contributed by atoms with Gasteiger partial charge in [-0.05, 0) is 37.4 Å². The van der Waals surface area contributed by atoms with Crippen molar-refractivity contribution in [1.82, 2.24) is 10.3 Å². The van der Waals surface area contributed by atoms with E-state index in [4.69, 9.17) is 9.25 Å². The standard InChI is InChI=1S/C17H18N4O3/c22-16(14-9-17(24-21-14)5-7-18-8-6-17)20-13-3-1-12(2-4-13)15-10-19-11-23-15/h1-4,10-11,18H,5-9H2,(H,20,22). The highest BCUT2D eigenvalue weighted by molar-refractivity contribution is 6.43. The SMILES string of the molecule is O=C(Nc1ccc(-c2cnco2)cc1)C1=NOC2(CCNCC2)C1. The van der Waals surface area contributed by atoms with E-state index in [-0.39, 0.29) is 11.5 Å². The zero-order chi connectivity index (χ0) is 16.4. The Balaban J connectivity index is 1.39. The highest BCUT2D eigenvalue weighted by Gasteiger charge is 2.42. The molecular weight excluding hydrogens is 308 g/mol. The van der Waals surface area contributed by atoms with Crippen LogP contribution in [0.1, 0.15) is 19.3 Å². The van der Waals surface area contributed by atoms with E-state index in [1.54, 1.807) is 6.20 Å². The van der Waals surface area contributed by atoms with Crippen molar-refractivity contribution in [3.63, 3.8) is 0 Å². The molecule has 2 aromatic rings. The van der Waals surface area contributed by atoms with Crippen molar-refractivity contribution in [3.8, 4) is 11.3 Å². The van der Waals surface area contributed by atoms with E-state index in [9.17, 15) is 4.79 Å². The Hall–Kier alpha value is -2.67. The highest BCUT2D eigenvalue weighted by Crippen LogP contribution is 2.32. The molecule has 1 amide bonds. The van der Waals surface area contributed by atoms with Crippen LogP contribution in [0.5, 0.6) is 0 Å². The molecule has 2 aliphatic rings. The number of anilines is 1. The first-order chi connectivity index (χ1) is 11.7. The molecule has 24 heavy (non-hydrogen) atoms. The Kier molecular flexibility index (Phi) is 3.78. The number of nitrogens with zero attached hydrogens (tertiary/aromatic N) is 2. The average molecular weight is 326 g/mol. The number of amides is 1. The molecule has 4 rings (SSSR count). The highest BCUT2D eigenvalue weighted by atomic mass is 16.7. The number of carbonyl (C=O) groups is 1. The molecule has 1 aromatic carbocycles. The second-order valence-corrected chi connectivity index (χ2v) is 6.14. The zero-order valence-electron chi connectivity index (χ0n) is 13.1. The largest absolute Gasteiger partial charge is 0.444 e. The number of rotatable bonds is 3. The lowest BCUT2D eigenvalue weighted by atomic mass is 9.87. The van der Waals surface area contributed by atoms with Gasteiger partial charge in [-0.25, -0.2) is 4.98 Å². The molecule has 1 saturated heterocycles. The van der Waals surface area contributed by atoms with E-state index in [0.29, 0.717) is 23.6 Å². The van der Waals surface area contributed by atoms with Crippen LogP contribution in [0.3, 0.4) is 0 Å². The molecule has 1 fully saturated rings. The Morgan fingerprint density at radius 2 is 2.00 bits per heavy atom. The topological polar surface area (TPSA) is 88.8 Å². The Labute approximate surface area is 139 Å². The summed E-state index contributed by atoms with van der Waals surface area (Å²) >= 11 is 0.